The van der Waals surface area contributed by atoms with Crippen LogP contribution < -0.4 is 0 Å². The first kappa shape index (κ1) is 16.4. The number of benzene rings is 2. The first-order valence-corrected chi connectivity index (χ1v) is 9.49. The van der Waals surface area contributed by atoms with Gasteiger partial charge in [0.2, 0.25) is 0 Å². The van der Waals surface area contributed by atoms with E-state index in [1.165, 1.54) is 34.2 Å². The molecule has 0 amide bonds. The smallest absolute Gasteiger partial charge is 0.123 e. The van der Waals surface area contributed by atoms with Crippen molar-refractivity contribution in [3.05, 3.63) is 65.2 Å². The maximum atomic E-state index is 10.7. The molecule has 2 unspecified atom stereocenters. The lowest BCUT2D eigenvalue weighted by Crippen LogP contribution is -2.39. The van der Waals surface area contributed by atoms with Crippen molar-refractivity contribution in [3.8, 4) is 16.9 Å². The molecule has 0 radical (unpaired) electrons. The Bertz CT molecular complexity index is 823. The van der Waals surface area contributed by atoms with E-state index in [1.54, 1.807) is 0 Å². The molecule has 0 saturated carbocycles. The highest BCUT2D eigenvalue weighted by atomic mass is 16.3. The summed E-state index contributed by atoms with van der Waals surface area (Å²) >= 11 is 0. The zero-order valence-corrected chi connectivity index (χ0v) is 15.3. The molecule has 130 valence electrons. The van der Waals surface area contributed by atoms with Crippen LogP contribution in [0.4, 0.5) is 0 Å². The number of rotatable bonds is 4. The van der Waals surface area contributed by atoms with Gasteiger partial charge in [0.15, 0.2) is 0 Å². The quantitative estimate of drug-likeness (QED) is 0.776. The van der Waals surface area contributed by atoms with Gasteiger partial charge in [-0.05, 0) is 65.6 Å². The average Bonchev–Trinajstić information content (AvgIpc) is 2.63. The SMILES string of the molecule is C=CC(C)c1ccc(O)c2c1CC1c3c(cccc3-2)CCN1CCC. The normalized spacial score (nSPS) is 19.8. The van der Waals surface area contributed by atoms with Gasteiger partial charge in [-0.25, -0.2) is 0 Å². The molecular weight excluding hydrogens is 306 g/mol. The highest BCUT2D eigenvalue weighted by Gasteiger charge is 2.36. The summed E-state index contributed by atoms with van der Waals surface area (Å²) in [5, 5.41) is 10.7. The molecule has 2 aliphatic rings. The summed E-state index contributed by atoms with van der Waals surface area (Å²) in [6.45, 7) is 10.7. The molecule has 0 fully saturated rings. The van der Waals surface area contributed by atoms with Crippen molar-refractivity contribution in [1.82, 2.24) is 4.90 Å². The second-order valence-electron chi connectivity index (χ2n) is 7.44. The van der Waals surface area contributed by atoms with Crippen LogP contribution in [-0.2, 0) is 12.8 Å². The van der Waals surface area contributed by atoms with E-state index in [9.17, 15) is 5.11 Å². The van der Waals surface area contributed by atoms with Crippen LogP contribution in [0.15, 0.2) is 43.0 Å². The molecule has 2 atom stereocenters. The highest BCUT2D eigenvalue weighted by molar-refractivity contribution is 5.81. The van der Waals surface area contributed by atoms with Crippen LogP contribution in [0.5, 0.6) is 5.75 Å². The highest BCUT2D eigenvalue weighted by Crippen LogP contribution is 2.50. The molecule has 0 aromatic heterocycles. The lowest BCUT2D eigenvalue weighted by Gasteiger charge is -2.42. The van der Waals surface area contributed by atoms with Crippen LogP contribution in [0.1, 0.15) is 54.5 Å². The van der Waals surface area contributed by atoms with Crippen molar-refractivity contribution < 1.29 is 5.11 Å². The Balaban J connectivity index is 1.96. The molecule has 1 aliphatic heterocycles. The van der Waals surface area contributed by atoms with E-state index in [-0.39, 0.29) is 0 Å². The fourth-order valence-electron chi connectivity index (χ4n) is 4.75. The van der Waals surface area contributed by atoms with E-state index in [4.69, 9.17) is 0 Å². The summed E-state index contributed by atoms with van der Waals surface area (Å²) in [6.07, 6.45) is 5.28. The molecule has 2 aromatic carbocycles. The van der Waals surface area contributed by atoms with Crippen molar-refractivity contribution in [2.24, 2.45) is 0 Å². The van der Waals surface area contributed by atoms with Gasteiger partial charge >= 0.3 is 0 Å². The number of phenolic OH excluding ortho intramolecular Hbond substituents is 1. The summed E-state index contributed by atoms with van der Waals surface area (Å²) < 4.78 is 0. The summed E-state index contributed by atoms with van der Waals surface area (Å²) in [5.41, 5.74) is 7.82. The van der Waals surface area contributed by atoms with E-state index in [0.29, 0.717) is 17.7 Å². The third-order valence-corrected chi connectivity index (χ3v) is 5.99. The van der Waals surface area contributed by atoms with Gasteiger partial charge in [0.1, 0.15) is 5.75 Å². The molecule has 0 spiro atoms. The van der Waals surface area contributed by atoms with Gasteiger partial charge in [-0.2, -0.15) is 0 Å². The summed E-state index contributed by atoms with van der Waals surface area (Å²) in [5.74, 6) is 0.705. The predicted molar refractivity (Wildman–Crippen MR) is 104 cm³/mol. The maximum Gasteiger partial charge on any atom is 0.123 e. The Hall–Kier alpha value is -2.06. The van der Waals surface area contributed by atoms with Crippen LogP contribution in [0.25, 0.3) is 11.1 Å². The van der Waals surface area contributed by atoms with Crippen LogP contribution in [0, 0.1) is 0 Å². The lowest BCUT2D eigenvalue weighted by molar-refractivity contribution is 0.182. The third-order valence-electron chi connectivity index (χ3n) is 5.99. The van der Waals surface area contributed by atoms with E-state index in [2.05, 4.69) is 49.6 Å². The molecule has 25 heavy (non-hydrogen) atoms. The van der Waals surface area contributed by atoms with E-state index in [0.717, 1.165) is 31.5 Å². The topological polar surface area (TPSA) is 23.5 Å². The molecule has 0 bridgehead atoms. The van der Waals surface area contributed by atoms with Crippen LogP contribution >= 0.6 is 0 Å². The monoisotopic (exact) mass is 333 g/mol. The summed E-state index contributed by atoms with van der Waals surface area (Å²) in [6, 6.07) is 11.0. The molecule has 1 N–H and O–H groups in total. The minimum Gasteiger partial charge on any atom is -0.507 e. The number of hydrogen-bond donors (Lipinski definition) is 1. The predicted octanol–water partition coefficient (Wildman–Crippen LogP) is 5.21. The molecule has 1 heterocycles. The van der Waals surface area contributed by atoms with Gasteiger partial charge in [0.05, 0.1) is 0 Å². The van der Waals surface area contributed by atoms with Gasteiger partial charge in [0.25, 0.3) is 0 Å². The largest absolute Gasteiger partial charge is 0.507 e. The molecule has 2 heteroatoms. The van der Waals surface area contributed by atoms with Gasteiger partial charge in [-0.15, -0.1) is 6.58 Å². The molecule has 2 nitrogen and oxygen atoms in total. The molecule has 2 aromatic rings. The van der Waals surface area contributed by atoms with Crippen LogP contribution in [0.3, 0.4) is 0 Å². The zero-order valence-electron chi connectivity index (χ0n) is 15.3. The number of nitrogens with zero attached hydrogens (tertiary/aromatic N) is 1. The molecule has 4 rings (SSSR count). The Morgan fingerprint density at radius 1 is 1.32 bits per heavy atom. The second kappa shape index (κ2) is 6.34. The maximum absolute atomic E-state index is 10.7. The first-order valence-electron chi connectivity index (χ1n) is 9.49. The fourth-order valence-corrected chi connectivity index (χ4v) is 4.75. The first-order chi connectivity index (χ1) is 12.2. The lowest BCUT2D eigenvalue weighted by atomic mass is 9.74. The van der Waals surface area contributed by atoms with E-state index >= 15 is 0 Å². The van der Waals surface area contributed by atoms with E-state index in [1.807, 2.05) is 12.1 Å². The Morgan fingerprint density at radius 3 is 2.92 bits per heavy atom. The van der Waals surface area contributed by atoms with Gasteiger partial charge in [0, 0.05) is 18.2 Å². The average molecular weight is 333 g/mol. The summed E-state index contributed by atoms with van der Waals surface area (Å²) in [4.78, 5) is 2.64. The molecule has 0 saturated heterocycles. The van der Waals surface area contributed by atoms with Crippen LogP contribution in [0.2, 0.25) is 0 Å². The number of fused-ring (bicyclic) bond motifs is 2. The zero-order chi connectivity index (χ0) is 17.6. The van der Waals surface area contributed by atoms with Gasteiger partial charge in [-0.3, -0.25) is 4.90 Å². The number of hydrogen-bond acceptors (Lipinski definition) is 2. The third kappa shape index (κ3) is 2.51. The van der Waals surface area contributed by atoms with Crippen molar-refractivity contribution in [1.29, 1.82) is 0 Å². The number of aromatic hydroxyl groups is 1. The second-order valence-corrected chi connectivity index (χ2v) is 7.44. The Labute approximate surface area is 150 Å². The summed E-state index contributed by atoms with van der Waals surface area (Å²) in [7, 11) is 0. The minimum atomic E-state index is 0.294. The van der Waals surface area contributed by atoms with Gasteiger partial charge in [-0.1, -0.05) is 44.2 Å². The number of phenols is 1. The van der Waals surface area contributed by atoms with Crippen LogP contribution in [-0.4, -0.2) is 23.1 Å². The standard InChI is InChI=1S/C23H27NO/c1-4-12-24-13-11-16-7-6-8-18-22(16)20(24)14-19-17(15(3)5-2)9-10-21(25)23(18)19/h5-10,15,20,25H,2,4,11-14H2,1,3H3. The van der Waals surface area contributed by atoms with Gasteiger partial charge < -0.3 is 5.11 Å². The molecule has 1 aliphatic carbocycles. The fraction of sp³-hybridized carbons (Fsp3) is 0.391. The van der Waals surface area contributed by atoms with Crippen molar-refractivity contribution >= 4 is 0 Å². The van der Waals surface area contributed by atoms with Crippen molar-refractivity contribution in [2.75, 3.05) is 13.1 Å². The van der Waals surface area contributed by atoms with Crippen molar-refractivity contribution in [3.63, 3.8) is 0 Å². The van der Waals surface area contributed by atoms with Crippen molar-refractivity contribution in [2.45, 2.75) is 45.1 Å². The molecular formula is C23H27NO. The Morgan fingerprint density at radius 2 is 2.16 bits per heavy atom. The number of allylic oxidation sites excluding steroid dienone is 1. The Kier molecular flexibility index (Phi) is 4.16. The van der Waals surface area contributed by atoms with E-state index < -0.39 is 0 Å². The minimum absolute atomic E-state index is 0.294.